The molecule has 1 aliphatic rings. The Morgan fingerprint density at radius 3 is 3.07 bits per heavy atom. The minimum atomic E-state index is -0.0219. The number of rotatable bonds is 4. The number of nitrogens with one attached hydrogen (secondary N) is 2. The lowest BCUT2D eigenvalue weighted by Crippen LogP contribution is -2.12. The van der Waals surface area contributed by atoms with Gasteiger partial charge in [0.25, 0.3) is 0 Å². The van der Waals surface area contributed by atoms with Crippen LogP contribution in [0.3, 0.4) is 0 Å². The van der Waals surface area contributed by atoms with Crippen molar-refractivity contribution in [2.24, 2.45) is 5.92 Å². The summed E-state index contributed by atoms with van der Waals surface area (Å²) in [6, 6.07) is 0.228. The fourth-order valence-electron chi connectivity index (χ4n) is 1.16. The summed E-state index contributed by atoms with van der Waals surface area (Å²) in [6.45, 7) is 0. The maximum absolute atomic E-state index is 11.3. The van der Waals surface area contributed by atoms with Gasteiger partial charge in [-0.1, -0.05) is 0 Å². The fraction of sp³-hybridized carbons (Fsp3) is 0.625. The van der Waals surface area contributed by atoms with Crippen molar-refractivity contribution in [2.45, 2.75) is 19.3 Å². The molecule has 2 N–H and O–H groups in total. The number of carbonyl (C=O) groups excluding carboxylic acids is 1. The van der Waals surface area contributed by atoms with E-state index < -0.39 is 0 Å². The number of hydrogen-bond donors (Lipinski definition) is 2. The number of H-pyrrole nitrogens is 1. The fourth-order valence-corrected chi connectivity index (χ4v) is 1.16. The molecule has 14 heavy (non-hydrogen) atoms. The van der Waals surface area contributed by atoms with E-state index in [0.29, 0.717) is 18.3 Å². The van der Waals surface area contributed by atoms with Crippen molar-refractivity contribution >= 4 is 11.9 Å². The molecule has 1 aromatic heterocycles. The molecule has 1 amide bonds. The van der Waals surface area contributed by atoms with Crippen LogP contribution in [-0.4, -0.2) is 28.2 Å². The summed E-state index contributed by atoms with van der Waals surface area (Å²) in [7, 11) is 1.47. The molecule has 0 unspecified atom stereocenters. The Morgan fingerprint density at radius 1 is 1.71 bits per heavy atom. The lowest BCUT2D eigenvalue weighted by Gasteiger charge is -1.98. The predicted octanol–water partition coefficient (Wildman–Crippen LogP) is 0.552. The van der Waals surface area contributed by atoms with Crippen LogP contribution in [0, 0.1) is 5.92 Å². The van der Waals surface area contributed by atoms with Gasteiger partial charge >= 0.3 is 6.01 Å². The second-order valence-electron chi connectivity index (χ2n) is 3.37. The molecule has 76 valence electrons. The number of hydrogen-bond acceptors (Lipinski definition) is 4. The zero-order valence-electron chi connectivity index (χ0n) is 7.91. The van der Waals surface area contributed by atoms with Crippen LogP contribution in [0.15, 0.2) is 0 Å². The SMILES string of the molecule is COc1n[nH]c(NC(=O)CC2CC2)n1. The Balaban J connectivity index is 1.85. The Labute approximate surface area is 81.1 Å². The van der Waals surface area contributed by atoms with Crippen LogP contribution in [0.1, 0.15) is 19.3 Å². The van der Waals surface area contributed by atoms with Crippen molar-refractivity contribution in [3.8, 4) is 6.01 Å². The maximum atomic E-state index is 11.3. The van der Waals surface area contributed by atoms with E-state index in [2.05, 4.69) is 20.5 Å². The molecular weight excluding hydrogens is 184 g/mol. The monoisotopic (exact) mass is 196 g/mol. The van der Waals surface area contributed by atoms with Crippen molar-refractivity contribution in [3.05, 3.63) is 0 Å². The molecule has 0 saturated heterocycles. The van der Waals surface area contributed by atoms with Gasteiger partial charge < -0.3 is 4.74 Å². The van der Waals surface area contributed by atoms with Gasteiger partial charge in [-0.25, -0.2) is 5.10 Å². The van der Waals surface area contributed by atoms with Crippen LogP contribution >= 0.6 is 0 Å². The number of carbonyl (C=O) groups is 1. The summed E-state index contributed by atoms with van der Waals surface area (Å²) < 4.78 is 4.77. The molecule has 6 heteroatoms. The smallest absolute Gasteiger partial charge is 0.336 e. The quantitative estimate of drug-likeness (QED) is 0.737. The number of amides is 1. The number of aromatic amines is 1. The molecule has 1 heterocycles. The lowest BCUT2D eigenvalue weighted by molar-refractivity contribution is -0.116. The van der Waals surface area contributed by atoms with E-state index in [4.69, 9.17) is 4.74 Å². The highest BCUT2D eigenvalue weighted by atomic mass is 16.5. The van der Waals surface area contributed by atoms with E-state index in [9.17, 15) is 4.79 Å². The molecule has 6 nitrogen and oxygen atoms in total. The molecule has 0 aromatic carbocycles. The molecule has 0 radical (unpaired) electrons. The molecule has 1 aromatic rings. The van der Waals surface area contributed by atoms with Crippen LogP contribution in [-0.2, 0) is 4.79 Å². The Hall–Kier alpha value is -1.59. The van der Waals surface area contributed by atoms with Gasteiger partial charge in [0.05, 0.1) is 7.11 Å². The van der Waals surface area contributed by atoms with Gasteiger partial charge in [0.2, 0.25) is 11.9 Å². The van der Waals surface area contributed by atoms with Gasteiger partial charge in [0, 0.05) is 6.42 Å². The van der Waals surface area contributed by atoms with E-state index in [0.717, 1.165) is 12.8 Å². The molecule has 0 atom stereocenters. The van der Waals surface area contributed by atoms with E-state index in [1.807, 2.05) is 0 Å². The first-order valence-electron chi connectivity index (χ1n) is 4.54. The number of ether oxygens (including phenoxy) is 1. The third-order valence-corrected chi connectivity index (χ3v) is 2.08. The summed E-state index contributed by atoms with van der Waals surface area (Å²) in [4.78, 5) is 15.2. The van der Waals surface area contributed by atoms with Gasteiger partial charge in [-0.05, 0) is 18.8 Å². The molecule has 2 rings (SSSR count). The first kappa shape index (κ1) is 8.98. The third-order valence-electron chi connectivity index (χ3n) is 2.08. The molecule has 0 aliphatic heterocycles. The van der Waals surface area contributed by atoms with Crippen LogP contribution in [0.4, 0.5) is 5.95 Å². The summed E-state index contributed by atoms with van der Waals surface area (Å²) in [5.41, 5.74) is 0. The lowest BCUT2D eigenvalue weighted by atomic mass is 10.3. The van der Waals surface area contributed by atoms with Crippen LogP contribution in [0.25, 0.3) is 0 Å². The Kier molecular flexibility index (Phi) is 2.34. The normalized spacial score (nSPS) is 15.2. The van der Waals surface area contributed by atoms with Crippen molar-refractivity contribution in [1.82, 2.24) is 15.2 Å². The minimum Gasteiger partial charge on any atom is -0.466 e. The number of nitrogens with zero attached hydrogens (tertiary/aromatic N) is 2. The summed E-state index contributed by atoms with van der Waals surface area (Å²) in [5.74, 6) is 0.888. The summed E-state index contributed by atoms with van der Waals surface area (Å²) in [5, 5.41) is 8.89. The highest BCUT2D eigenvalue weighted by Crippen LogP contribution is 2.32. The highest BCUT2D eigenvalue weighted by Gasteiger charge is 2.24. The first-order valence-corrected chi connectivity index (χ1v) is 4.54. The van der Waals surface area contributed by atoms with Gasteiger partial charge in [0.15, 0.2) is 0 Å². The first-order chi connectivity index (χ1) is 6.78. The number of anilines is 1. The van der Waals surface area contributed by atoms with E-state index in [1.165, 1.54) is 7.11 Å². The van der Waals surface area contributed by atoms with Crippen LogP contribution in [0.5, 0.6) is 6.01 Å². The second kappa shape index (κ2) is 3.65. The van der Waals surface area contributed by atoms with Gasteiger partial charge in [-0.15, -0.1) is 5.10 Å². The standard InChI is InChI=1S/C8H12N4O2/c1-14-8-10-7(11-12-8)9-6(13)4-5-2-3-5/h5H,2-4H2,1H3,(H2,9,10,11,12,13). The molecule has 1 fully saturated rings. The zero-order valence-corrected chi connectivity index (χ0v) is 7.91. The average molecular weight is 196 g/mol. The predicted molar refractivity (Wildman–Crippen MR) is 48.9 cm³/mol. The minimum absolute atomic E-state index is 0.0219. The van der Waals surface area contributed by atoms with Crippen LogP contribution < -0.4 is 10.1 Å². The molecule has 1 saturated carbocycles. The Bertz CT molecular complexity index is 332. The molecule has 0 spiro atoms. The van der Waals surface area contributed by atoms with Crippen LogP contribution in [0.2, 0.25) is 0 Å². The van der Waals surface area contributed by atoms with Crippen molar-refractivity contribution in [2.75, 3.05) is 12.4 Å². The van der Waals surface area contributed by atoms with Gasteiger partial charge in [0.1, 0.15) is 0 Å². The average Bonchev–Trinajstić information content (AvgIpc) is 2.83. The van der Waals surface area contributed by atoms with Crippen molar-refractivity contribution in [1.29, 1.82) is 0 Å². The zero-order chi connectivity index (χ0) is 9.97. The van der Waals surface area contributed by atoms with Crippen molar-refractivity contribution < 1.29 is 9.53 Å². The second-order valence-corrected chi connectivity index (χ2v) is 3.37. The Morgan fingerprint density at radius 2 is 2.50 bits per heavy atom. The molecule has 0 bridgehead atoms. The number of methoxy groups -OCH3 is 1. The van der Waals surface area contributed by atoms with Gasteiger partial charge in [-0.3, -0.25) is 10.1 Å². The maximum Gasteiger partial charge on any atom is 0.336 e. The van der Waals surface area contributed by atoms with E-state index >= 15 is 0 Å². The summed E-state index contributed by atoms with van der Waals surface area (Å²) in [6.07, 6.45) is 2.89. The topological polar surface area (TPSA) is 79.9 Å². The van der Waals surface area contributed by atoms with Crippen molar-refractivity contribution in [3.63, 3.8) is 0 Å². The van der Waals surface area contributed by atoms with Gasteiger partial charge in [-0.2, -0.15) is 4.98 Å². The molecular formula is C8H12N4O2. The number of aromatic nitrogens is 3. The van der Waals surface area contributed by atoms with E-state index in [1.54, 1.807) is 0 Å². The molecule has 1 aliphatic carbocycles. The van der Waals surface area contributed by atoms with E-state index in [-0.39, 0.29) is 11.9 Å². The highest BCUT2D eigenvalue weighted by molar-refractivity contribution is 5.89. The largest absolute Gasteiger partial charge is 0.466 e. The third kappa shape index (κ3) is 2.21. The summed E-state index contributed by atoms with van der Waals surface area (Å²) >= 11 is 0.